The maximum Gasteiger partial charge on any atom is 0.191 e. The number of aliphatic imine (C=N–C) groups is 1. The maximum atomic E-state index is 5.50. The monoisotopic (exact) mass is 538 g/mol. The number of hydrogen-bond acceptors (Lipinski definition) is 4. The summed E-state index contributed by atoms with van der Waals surface area (Å²) in [5.74, 6) is 2.47. The lowest BCUT2D eigenvalue weighted by molar-refractivity contribution is 0.187. The van der Waals surface area contributed by atoms with Gasteiger partial charge in [-0.2, -0.15) is 0 Å². The first kappa shape index (κ1) is 24.1. The van der Waals surface area contributed by atoms with Gasteiger partial charge in [-0.15, -0.1) is 24.0 Å². The van der Waals surface area contributed by atoms with Crippen LogP contribution in [-0.2, 0) is 17.7 Å². The van der Waals surface area contributed by atoms with Crippen LogP contribution in [0, 0.1) is 5.92 Å². The maximum absolute atomic E-state index is 5.50. The van der Waals surface area contributed by atoms with E-state index in [1.165, 1.54) is 5.56 Å². The van der Waals surface area contributed by atoms with Crippen molar-refractivity contribution in [3.63, 3.8) is 0 Å². The predicted molar refractivity (Wildman–Crippen MR) is 135 cm³/mol. The summed E-state index contributed by atoms with van der Waals surface area (Å²) in [6.45, 7) is 6.61. The normalized spacial score (nSPS) is 20.4. The van der Waals surface area contributed by atoms with Crippen LogP contribution in [0.5, 0.6) is 0 Å². The summed E-state index contributed by atoms with van der Waals surface area (Å²) in [4.78, 5) is 7.42. The number of piperidine rings is 1. The van der Waals surface area contributed by atoms with Crippen LogP contribution < -0.4 is 10.6 Å². The molecule has 1 unspecified atom stereocenters. The second-order valence-corrected chi connectivity index (χ2v) is 8.36. The van der Waals surface area contributed by atoms with Crippen LogP contribution in [0.2, 0.25) is 0 Å². The lowest BCUT2D eigenvalue weighted by Gasteiger charge is -2.33. The Morgan fingerprint density at radius 3 is 2.61 bits per heavy atom. The third-order valence-corrected chi connectivity index (χ3v) is 5.95. The van der Waals surface area contributed by atoms with E-state index in [-0.39, 0.29) is 24.0 Å². The highest BCUT2D eigenvalue weighted by Crippen LogP contribution is 2.15. The number of benzene rings is 1. The molecule has 2 aliphatic heterocycles. The molecule has 6 nitrogen and oxygen atoms in total. The van der Waals surface area contributed by atoms with Crippen molar-refractivity contribution in [1.82, 2.24) is 15.5 Å². The molecule has 31 heavy (non-hydrogen) atoms. The van der Waals surface area contributed by atoms with E-state index < -0.39 is 0 Å². The predicted octanol–water partition coefficient (Wildman–Crippen LogP) is 3.68. The molecule has 1 aromatic heterocycles. The number of hydrogen-bond donors (Lipinski definition) is 2. The molecule has 4 rings (SSSR count). The van der Waals surface area contributed by atoms with Gasteiger partial charge in [-0.25, -0.2) is 0 Å². The van der Waals surface area contributed by atoms with Crippen LogP contribution >= 0.6 is 24.0 Å². The summed E-state index contributed by atoms with van der Waals surface area (Å²) in [6.07, 6.45) is 5.97. The van der Waals surface area contributed by atoms with E-state index in [0.717, 1.165) is 83.3 Å². The molecular weight excluding hydrogens is 503 g/mol. The summed E-state index contributed by atoms with van der Waals surface area (Å²) in [5, 5.41) is 7.19. The van der Waals surface area contributed by atoms with Gasteiger partial charge >= 0.3 is 0 Å². The van der Waals surface area contributed by atoms with Crippen LogP contribution in [0.4, 0.5) is 0 Å². The van der Waals surface area contributed by atoms with Crippen LogP contribution in [0.15, 0.2) is 58.1 Å². The third kappa shape index (κ3) is 8.12. The minimum atomic E-state index is 0. The summed E-state index contributed by atoms with van der Waals surface area (Å²) >= 11 is 0. The Bertz CT molecular complexity index is 755. The van der Waals surface area contributed by atoms with E-state index in [4.69, 9.17) is 14.1 Å². The number of furan rings is 1. The average Bonchev–Trinajstić information content (AvgIpc) is 3.48. The molecule has 3 heterocycles. The van der Waals surface area contributed by atoms with Gasteiger partial charge in [0, 0.05) is 57.7 Å². The standard InChI is InChI=1S/C24H34N4O2.HI/c1-2-5-20(6-3-1)18-28-13-9-22(10-14-28)27-24(26-17-21-11-16-29-19-21)25-12-8-23-7-4-15-30-23;/h1-7,15,21-22H,8-14,16-19H2,(H2,25,26,27);1H. The number of rotatable bonds is 8. The van der Waals surface area contributed by atoms with Gasteiger partial charge in [0.15, 0.2) is 5.96 Å². The Hall–Kier alpha value is -1.58. The van der Waals surface area contributed by atoms with Gasteiger partial charge in [0.05, 0.1) is 12.9 Å². The Morgan fingerprint density at radius 2 is 1.90 bits per heavy atom. The zero-order chi connectivity index (χ0) is 20.4. The van der Waals surface area contributed by atoms with Gasteiger partial charge in [-0.3, -0.25) is 9.89 Å². The SMILES string of the molecule is I.c1ccc(CN2CCC(NC(=NCC3CCOC3)NCCc3ccco3)CC2)cc1. The zero-order valence-corrected chi connectivity index (χ0v) is 20.5. The van der Waals surface area contributed by atoms with Gasteiger partial charge in [-0.05, 0) is 37.0 Å². The van der Waals surface area contributed by atoms with E-state index >= 15 is 0 Å². The van der Waals surface area contributed by atoms with E-state index in [2.05, 4.69) is 45.9 Å². The molecule has 2 N–H and O–H groups in total. The summed E-state index contributed by atoms with van der Waals surface area (Å²) < 4.78 is 10.9. The number of guanidine groups is 1. The van der Waals surface area contributed by atoms with Crippen molar-refractivity contribution < 1.29 is 9.15 Å². The van der Waals surface area contributed by atoms with E-state index in [0.29, 0.717) is 12.0 Å². The quantitative estimate of drug-likeness (QED) is 0.305. The highest BCUT2D eigenvalue weighted by atomic mass is 127. The molecule has 2 fully saturated rings. The molecule has 7 heteroatoms. The van der Waals surface area contributed by atoms with Crippen LogP contribution in [0.25, 0.3) is 0 Å². The lowest BCUT2D eigenvalue weighted by Crippen LogP contribution is -2.49. The Labute approximate surface area is 202 Å². The number of nitrogens with one attached hydrogen (secondary N) is 2. The number of nitrogens with zero attached hydrogens (tertiary/aromatic N) is 2. The average molecular weight is 538 g/mol. The molecule has 0 radical (unpaired) electrons. The van der Waals surface area contributed by atoms with Crippen LogP contribution in [-0.4, -0.2) is 56.3 Å². The van der Waals surface area contributed by atoms with Gasteiger partial charge in [-0.1, -0.05) is 30.3 Å². The zero-order valence-electron chi connectivity index (χ0n) is 18.2. The van der Waals surface area contributed by atoms with Crippen molar-refractivity contribution in [2.75, 3.05) is 39.4 Å². The molecule has 1 aromatic carbocycles. The second-order valence-electron chi connectivity index (χ2n) is 8.36. The minimum absolute atomic E-state index is 0. The van der Waals surface area contributed by atoms with Gasteiger partial charge in [0.2, 0.25) is 0 Å². The minimum Gasteiger partial charge on any atom is -0.469 e. The molecule has 1 atom stereocenters. The number of halogens is 1. The van der Waals surface area contributed by atoms with Crippen molar-refractivity contribution >= 4 is 29.9 Å². The third-order valence-electron chi connectivity index (χ3n) is 5.95. The summed E-state index contributed by atoms with van der Waals surface area (Å²) in [5.41, 5.74) is 1.39. The van der Waals surface area contributed by atoms with E-state index in [1.807, 2.05) is 12.1 Å². The van der Waals surface area contributed by atoms with E-state index in [9.17, 15) is 0 Å². The van der Waals surface area contributed by atoms with Gasteiger partial charge in [0.25, 0.3) is 0 Å². The fraction of sp³-hybridized carbons (Fsp3) is 0.542. The first-order valence-corrected chi connectivity index (χ1v) is 11.3. The Morgan fingerprint density at radius 1 is 1.06 bits per heavy atom. The Balaban J connectivity index is 0.00000272. The first-order valence-electron chi connectivity index (χ1n) is 11.3. The fourth-order valence-electron chi connectivity index (χ4n) is 4.13. The molecular formula is C24H35IN4O2. The number of ether oxygens (including phenoxy) is 1. The molecule has 0 bridgehead atoms. The van der Waals surface area contributed by atoms with Gasteiger partial charge in [0.1, 0.15) is 5.76 Å². The summed E-state index contributed by atoms with van der Waals surface area (Å²) in [6, 6.07) is 15.2. The van der Waals surface area contributed by atoms with Crippen molar-refractivity contribution in [2.24, 2.45) is 10.9 Å². The van der Waals surface area contributed by atoms with Crippen molar-refractivity contribution in [3.05, 3.63) is 60.1 Å². The lowest BCUT2D eigenvalue weighted by atomic mass is 10.0. The molecule has 0 spiro atoms. The number of likely N-dealkylation sites (tertiary alicyclic amines) is 1. The molecule has 170 valence electrons. The molecule has 2 aliphatic rings. The van der Waals surface area contributed by atoms with Crippen LogP contribution in [0.3, 0.4) is 0 Å². The second kappa shape index (κ2) is 13.1. The first-order chi connectivity index (χ1) is 14.8. The Kier molecular flexibility index (Phi) is 10.2. The molecule has 0 aliphatic carbocycles. The molecule has 2 aromatic rings. The topological polar surface area (TPSA) is 62.0 Å². The van der Waals surface area contributed by atoms with Crippen LogP contribution in [0.1, 0.15) is 30.6 Å². The highest BCUT2D eigenvalue weighted by Gasteiger charge is 2.21. The smallest absolute Gasteiger partial charge is 0.191 e. The van der Waals surface area contributed by atoms with Crippen molar-refractivity contribution in [1.29, 1.82) is 0 Å². The van der Waals surface area contributed by atoms with Crippen molar-refractivity contribution in [2.45, 2.75) is 38.3 Å². The molecule has 2 saturated heterocycles. The van der Waals surface area contributed by atoms with Crippen molar-refractivity contribution in [3.8, 4) is 0 Å². The highest BCUT2D eigenvalue weighted by molar-refractivity contribution is 14.0. The van der Waals surface area contributed by atoms with Gasteiger partial charge < -0.3 is 19.8 Å². The molecule has 0 saturated carbocycles. The summed E-state index contributed by atoms with van der Waals surface area (Å²) in [7, 11) is 0. The molecule has 0 amide bonds. The van der Waals surface area contributed by atoms with E-state index in [1.54, 1.807) is 6.26 Å². The largest absolute Gasteiger partial charge is 0.469 e. The fourth-order valence-corrected chi connectivity index (χ4v) is 4.13.